The van der Waals surface area contributed by atoms with Gasteiger partial charge < -0.3 is 17.2 Å². The molecule has 0 unspecified atom stereocenters. The Morgan fingerprint density at radius 1 is 0.773 bits per heavy atom. The summed E-state index contributed by atoms with van der Waals surface area (Å²) in [4.78, 5) is 24.9. The Bertz CT molecular complexity index is 944. The first-order valence-electron chi connectivity index (χ1n) is 6.28. The standard InChI is InChI=1S/C11H11N11/c1-4-17-7(12)5-9(18-4)21(2-15-5)22-3-16-6-8(13)19-11(14)20-10(6)22/h2-3H,1H3,(H2,12,17,18)(H4,13,14,19,20). The van der Waals surface area contributed by atoms with Crippen LogP contribution >= 0.6 is 0 Å². The Morgan fingerprint density at radius 3 is 1.95 bits per heavy atom. The molecule has 0 radical (unpaired) electrons. The largest absolute Gasteiger partial charge is 0.382 e. The van der Waals surface area contributed by atoms with Gasteiger partial charge >= 0.3 is 0 Å². The zero-order chi connectivity index (χ0) is 15.4. The highest BCUT2D eigenvalue weighted by Crippen LogP contribution is 2.20. The molecule has 6 N–H and O–H groups in total. The molecule has 4 rings (SSSR count). The van der Waals surface area contributed by atoms with Crippen LogP contribution in [0.1, 0.15) is 5.82 Å². The highest BCUT2D eigenvalue weighted by atomic mass is 15.5. The van der Waals surface area contributed by atoms with Crippen molar-refractivity contribution in [2.45, 2.75) is 6.92 Å². The number of aromatic nitrogens is 8. The number of hydrogen-bond donors (Lipinski definition) is 3. The van der Waals surface area contributed by atoms with E-state index >= 15 is 0 Å². The molecule has 4 aromatic rings. The number of rotatable bonds is 1. The van der Waals surface area contributed by atoms with Crippen LogP contribution in [0.4, 0.5) is 17.6 Å². The van der Waals surface area contributed by atoms with E-state index in [1.165, 1.54) is 6.33 Å². The number of fused-ring (bicyclic) bond motifs is 2. The van der Waals surface area contributed by atoms with Crippen LogP contribution in [0.2, 0.25) is 0 Å². The van der Waals surface area contributed by atoms with Gasteiger partial charge in [-0.05, 0) is 6.92 Å². The van der Waals surface area contributed by atoms with E-state index in [0.717, 1.165) is 0 Å². The lowest BCUT2D eigenvalue weighted by atomic mass is 10.5. The molecule has 0 aliphatic rings. The summed E-state index contributed by atoms with van der Waals surface area (Å²) in [5.41, 5.74) is 19.2. The van der Waals surface area contributed by atoms with Crippen molar-refractivity contribution in [1.82, 2.24) is 39.3 Å². The van der Waals surface area contributed by atoms with Crippen molar-refractivity contribution in [3.05, 3.63) is 18.5 Å². The summed E-state index contributed by atoms with van der Waals surface area (Å²) in [6, 6.07) is 0. The SMILES string of the molecule is Cc1nc(N)c2ncn(-n3cnc4c(N)nc(N)nc43)c2n1. The Labute approximate surface area is 122 Å². The second-order valence-corrected chi connectivity index (χ2v) is 4.65. The number of nitrogens with two attached hydrogens (primary N) is 3. The van der Waals surface area contributed by atoms with E-state index < -0.39 is 0 Å². The van der Waals surface area contributed by atoms with Crippen LogP contribution in [0.25, 0.3) is 22.3 Å². The fourth-order valence-corrected chi connectivity index (χ4v) is 2.27. The lowest BCUT2D eigenvalue weighted by Crippen LogP contribution is -2.10. The number of nitrogen functional groups attached to an aromatic ring is 3. The molecule has 4 heterocycles. The monoisotopic (exact) mass is 297 g/mol. The van der Waals surface area contributed by atoms with E-state index in [2.05, 4.69) is 29.9 Å². The Balaban J connectivity index is 2.08. The maximum atomic E-state index is 5.87. The second kappa shape index (κ2) is 4.00. The molecular weight excluding hydrogens is 286 g/mol. The van der Waals surface area contributed by atoms with Gasteiger partial charge in [0.2, 0.25) is 5.95 Å². The summed E-state index contributed by atoms with van der Waals surface area (Å²) in [7, 11) is 0. The average molecular weight is 297 g/mol. The minimum atomic E-state index is 0.0569. The molecule has 0 aliphatic heterocycles. The molecule has 4 aromatic heterocycles. The van der Waals surface area contributed by atoms with Gasteiger partial charge in [-0.2, -0.15) is 9.97 Å². The van der Waals surface area contributed by atoms with E-state index in [-0.39, 0.29) is 11.8 Å². The lowest BCUT2D eigenvalue weighted by molar-refractivity contribution is 0.686. The van der Waals surface area contributed by atoms with Crippen molar-refractivity contribution in [3.8, 4) is 0 Å². The summed E-state index contributed by atoms with van der Waals surface area (Å²) < 4.78 is 3.26. The van der Waals surface area contributed by atoms with E-state index in [1.807, 2.05) is 0 Å². The molecule has 0 aromatic carbocycles. The van der Waals surface area contributed by atoms with Gasteiger partial charge in [-0.25, -0.2) is 29.3 Å². The lowest BCUT2D eigenvalue weighted by Gasteiger charge is -2.06. The molecular formula is C11H11N11. The summed E-state index contributed by atoms with van der Waals surface area (Å²) in [6.07, 6.45) is 3.08. The van der Waals surface area contributed by atoms with Gasteiger partial charge in [-0.15, -0.1) is 0 Å². The van der Waals surface area contributed by atoms with E-state index in [1.54, 1.807) is 22.6 Å². The minimum absolute atomic E-state index is 0.0569. The first-order valence-corrected chi connectivity index (χ1v) is 6.28. The molecule has 0 fully saturated rings. The van der Waals surface area contributed by atoms with Gasteiger partial charge in [-0.3, -0.25) is 0 Å². The molecule has 0 saturated carbocycles. The molecule has 0 spiro atoms. The van der Waals surface area contributed by atoms with Gasteiger partial charge in [0.05, 0.1) is 0 Å². The molecule has 11 nitrogen and oxygen atoms in total. The Hall–Kier alpha value is -3.50. The van der Waals surface area contributed by atoms with Crippen LogP contribution in [0, 0.1) is 6.92 Å². The van der Waals surface area contributed by atoms with Gasteiger partial charge in [0.15, 0.2) is 34.0 Å². The zero-order valence-electron chi connectivity index (χ0n) is 11.5. The molecule has 22 heavy (non-hydrogen) atoms. The summed E-state index contributed by atoms with van der Waals surface area (Å²) in [5.74, 6) is 1.10. The minimum Gasteiger partial charge on any atom is -0.382 e. The summed E-state index contributed by atoms with van der Waals surface area (Å²) in [5, 5.41) is 0. The number of aryl methyl sites for hydroxylation is 1. The van der Waals surface area contributed by atoms with Gasteiger partial charge in [0, 0.05) is 0 Å². The van der Waals surface area contributed by atoms with Crippen molar-refractivity contribution in [2.24, 2.45) is 0 Å². The summed E-state index contributed by atoms with van der Waals surface area (Å²) >= 11 is 0. The highest BCUT2D eigenvalue weighted by Gasteiger charge is 2.15. The average Bonchev–Trinajstić information content (AvgIpc) is 3.02. The molecule has 0 aliphatic carbocycles. The van der Waals surface area contributed by atoms with Crippen molar-refractivity contribution < 1.29 is 0 Å². The van der Waals surface area contributed by atoms with E-state index in [4.69, 9.17) is 17.2 Å². The van der Waals surface area contributed by atoms with Crippen LogP contribution in [0.3, 0.4) is 0 Å². The Kier molecular flexibility index (Phi) is 2.23. The van der Waals surface area contributed by atoms with Gasteiger partial charge in [0.25, 0.3) is 0 Å². The van der Waals surface area contributed by atoms with Crippen molar-refractivity contribution in [3.63, 3.8) is 0 Å². The van der Waals surface area contributed by atoms with E-state index in [9.17, 15) is 0 Å². The third kappa shape index (κ3) is 1.55. The fraction of sp³-hybridized carbons (Fsp3) is 0.0909. The first kappa shape index (κ1) is 12.3. The van der Waals surface area contributed by atoms with Crippen LogP contribution < -0.4 is 17.2 Å². The van der Waals surface area contributed by atoms with Gasteiger partial charge in [0.1, 0.15) is 18.5 Å². The van der Waals surface area contributed by atoms with E-state index in [0.29, 0.717) is 34.0 Å². The predicted octanol–water partition coefficient (Wildman–Crippen LogP) is -0.668. The smallest absolute Gasteiger partial charge is 0.224 e. The van der Waals surface area contributed by atoms with Crippen molar-refractivity contribution >= 4 is 39.9 Å². The fourth-order valence-electron chi connectivity index (χ4n) is 2.27. The maximum absolute atomic E-state index is 5.87. The van der Waals surface area contributed by atoms with Crippen LogP contribution in [-0.2, 0) is 0 Å². The Morgan fingerprint density at radius 2 is 1.32 bits per heavy atom. The third-order valence-electron chi connectivity index (χ3n) is 3.17. The number of anilines is 3. The highest BCUT2D eigenvalue weighted by molar-refractivity contribution is 5.84. The predicted molar refractivity (Wildman–Crippen MR) is 79.4 cm³/mol. The molecule has 0 amide bonds. The number of imidazole rings is 2. The first-order chi connectivity index (χ1) is 10.5. The normalized spacial score (nSPS) is 11.5. The van der Waals surface area contributed by atoms with Crippen LogP contribution in [0.5, 0.6) is 0 Å². The molecule has 0 atom stereocenters. The molecule has 0 bridgehead atoms. The molecule has 110 valence electrons. The van der Waals surface area contributed by atoms with Crippen molar-refractivity contribution in [1.29, 1.82) is 0 Å². The quantitative estimate of drug-likeness (QED) is 0.413. The zero-order valence-corrected chi connectivity index (χ0v) is 11.5. The van der Waals surface area contributed by atoms with Crippen LogP contribution in [-0.4, -0.2) is 39.3 Å². The van der Waals surface area contributed by atoms with Crippen LogP contribution in [0.15, 0.2) is 12.7 Å². The maximum Gasteiger partial charge on any atom is 0.224 e. The third-order valence-corrected chi connectivity index (χ3v) is 3.17. The topological polar surface area (TPSA) is 165 Å². The number of hydrogen-bond acceptors (Lipinski definition) is 9. The van der Waals surface area contributed by atoms with Gasteiger partial charge in [-0.1, -0.05) is 0 Å². The number of nitrogens with zero attached hydrogens (tertiary/aromatic N) is 8. The molecule has 11 heteroatoms. The second-order valence-electron chi connectivity index (χ2n) is 4.65. The van der Waals surface area contributed by atoms with Crippen molar-refractivity contribution in [2.75, 3.05) is 17.2 Å². The molecule has 0 saturated heterocycles. The summed E-state index contributed by atoms with van der Waals surface area (Å²) in [6.45, 7) is 1.75.